The van der Waals surface area contributed by atoms with E-state index in [1.54, 1.807) is 0 Å². The number of hydrogen-bond donors (Lipinski definition) is 1. The molecule has 96 valence electrons. The van der Waals surface area contributed by atoms with Crippen molar-refractivity contribution in [3.8, 4) is 0 Å². The molecular formula is C14H25N3. The van der Waals surface area contributed by atoms with Crippen LogP contribution in [0.2, 0.25) is 0 Å². The molecule has 3 heteroatoms. The Kier molecular flexibility index (Phi) is 4.60. The largest absolute Gasteiger partial charge is 0.317 e. The van der Waals surface area contributed by atoms with Crippen LogP contribution < -0.4 is 5.32 Å². The average molecular weight is 235 g/mol. The SMILES string of the molecule is CNC(CCc1ccnn1C)CC1CCCC1. The summed E-state index contributed by atoms with van der Waals surface area (Å²) in [6, 6.07) is 2.80. The number of aromatic nitrogens is 2. The fourth-order valence-electron chi connectivity index (χ4n) is 3.00. The Morgan fingerprint density at radius 3 is 2.82 bits per heavy atom. The first-order valence-electron chi connectivity index (χ1n) is 6.93. The minimum absolute atomic E-state index is 0.674. The molecule has 0 aliphatic heterocycles. The van der Waals surface area contributed by atoms with Gasteiger partial charge in [0, 0.05) is 25.0 Å². The summed E-state index contributed by atoms with van der Waals surface area (Å²) in [6.45, 7) is 0. The molecule has 0 radical (unpaired) electrons. The molecule has 2 rings (SSSR count). The first-order valence-corrected chi connectivity index (χ1v) is 6.93. The normalized spacial score (nSPS) is 18.7. The predicted molar refractivity (Wildman–Crippen MR) is 71.0 cm³/mol. The summed E-state index contributed by atoms with van der Waals surface area (Å²) in [7, 11) is 4.13. The van der Waals surface area contributed by atoms with Crippen LogP contribution in [-0.2, 0) is 13.5 Å². The van der Waals surface area contributed by atoms with Gasteiger partial charge in [0.1, 0.15) is 0 Å². The lowest BCUT2D eigenvalue weighted by Crippen LogP contribution is -2.28. The van der Waals surface area contributed by atoms with Crippen molar-refractivity contribution in [2.75, 3.05) is 7.05 Å². The van der Waals surface area contributed by atoms with Crippen LogP contribution in [0.1, 0.15) is 44.2 Å². The van der Waals surface area contributed by atoms with E-state index in [1.807, 2.05) is 17.9 Å². The van der Waals surface area contributed by atoms with Gasteiger partial charge >= 0.3 is 0 Å². The molecule has 1 aliphatic rings. The number of aryl methyl sites for hydroxylation is 2. The van der Waals surface area contributed by atoms with Crippen molar-refractivity contribution in [2.24, 2.45) is 13.0 Å². The molecule has 0 bridgehead atoms. The molecule has 1 aromatic rings. The monoisotopic (exact) mass is 235 g/mol. The molecule has 1 aromatic heterocycles. The van der Waals surface area contributed by atoms with Crippen molar-refractivity contribution in [2.45, 2.75) is 51.0 Å². The van der Waals surface area contributed by atoms with Crippen molar-refractivity contribution in [1.82, 2.24) is 15.1 Å². The summed E-state index contributed by atoms with van der Waals surface area (Å²) >= 11 is 0. The van der Waals surface area contributed by atoms with E-state index in [0.29, 0.717) is 6.04 Å². The Bertz CT molecular complexity index is 326. The molecule has 0 saturated heterocycles. The quantitative estimate of drug-likeness (QED) is 0.821. The lowest BCUT2D eigenvalue weighted by molar-refractivity contribution is 0.386. The molecule has 1 saturated carbocycles. The smallest absolute Gasteiger partial charge is 0.0492 e. The van der Waals surface area contributed by atoms with Gasteiger partial charge in [-0.25, -0.2) is 0 Å². The zero-order chi connectivity index (χ0) is 12.1. The van der Waals surface area contributed by atoms with E-state index in [-0.39, 0.29) is 0 Å². The molecule has 1 N–H and O–H groups in total. The molecule has 1 unspecified atom stereocenters. The molecule has 1 fully saturated rings. The van der Waals surface area contributed by atoms with Crippen LogP contribution in [0.5, 0.6) is 0 Å². The summed E-state index contributed by atoms with van der Waals surface area (Å²) in [6.07, 6.45) is 11.4. The van der Waals surface area contributed by atoms with Crippen LogP contribution in [-0.4, -0.2) is 22.9 Å². The molecule has 1 atom stereocenters. The Hall–Kier alpha value is -0.830. The summed E-state index contributed by atoms with van der Waals surface area (Å²) in [5, 5.41) is 7.70. The van der Waals surface area contributed by atoms with Gasteiger partial charge < -0.3 is 5.32 Å². The van der Waals surface area contributed by atoms with Crippen molar-refractivity contribution in [3.05, 3.63) is 18.0 Å². The fraction of sp³-hybridized carbons (Fsp3) is 0.786. The number of nitrogens with zero attached hydrogens (tertiary/aromatic N) is 2. The van der Waals surface area contributed by atoms with Crippen LogP contribution in [0.3, 0.4) is 0 Å². The zero-order valence-electron chi connectivity index (χ0n) is 11.2. The van der Waals surface area contributed by atoms with Crippen LogP contribution in [0.4, 0.5) is 0 Å². The Balaban J connectivity index is 1.77. The first-order chi connectivity index (χ1) is 8.29. The Morgan fingerprint density at radius 1 is 1.47 bits per heavy atom. The highest BCUT2D eigenvalue weighted by molar-refractivity contribution is 5.00. The third-order valence-electron chi connectivity index (χ3n) is 4.17. The van der Waals surface area contributed by atoms with E-state index >= 15 is 0 Å². The number of rotatable bonds is 6. The third-order valence-corrected chi connectivity index (χ3v) is 4.17. The summed E-state index contributed by atoms with van der Waals surface area (Å²) < 4.78 is 1.99. The maximum atomic E-state index is 4.22. The zero-order valence-corrected chi connectivity index (χ0v) is 11.2. The van der Waals surface area contributed by atoms with Crippen molar-refractivity contribution >= 4 is 0 Å². The maximum absolute atomic E-state index is 4.22. The van der Waals surface area contributed by atoms with E-state index in [4.69, 9.17) is 0 Å². The highest BCUT2D eigenvalue weighted by atomic mass is 15.2. The van der Waals surface area contributed by atoms with Gasteiger partial charge in [-0.05, 0) is 38.3 Å². The third kappa shape index (κ3) is 3.56. The topological polar surface area (TPSA) is 29.9 Å². The van der Waals surface area contributed by atoms with Gasteiger partial charge in [0.15, 0.2) is 0 Å². The number of hydrogen-bond acceptors (Lipinski definition) is 2. The second-order valence-electron chi connectivity index (χ2n) is 5.36. The maximum Gasteiger partial charge on any atom is 0.0492 e. The second-order valence-corrected chi connectivity index (χ2v) is 5.36. The highest BCUT2D eigenvalue weighted by Crippen LogP contribution is 2.29. The van der Waals surface area contributed by atoms with Gasteiger partial charge in [-0.1, -0.05) is 25.7 Å². The summed E-state index contributed by atoms with van der Waals surface area (Å²) in [4.78, 5) is 0. The van der Waals surface area contributed by atoms with Crippen molar-refractivity contribution < 1.29 is 0 Å². The Labute approximate surface area is 105 Å². The van der Waals surface area contributed by atoms with Crippen molar-refractivity contribution in [3.63, 3.8) is 0 Å². The van der Waals surface area contributed by atoms with E-state index in [1.165, 1.54) is 44.2 Å². The second kappa shape index (κ2) is 6.20. The Morgan fingerprint density at radius 2 is 2.24 bits per heavy atom. The van der Waals surface area contributed by atoms with Gasteiger partial charge in [-0.2, -0.15) is 5.10 Å². The van der Waals surface area contributed by atoms with Gasteiger partial charge in [0.2, 0.25) is 0 Å². The van der Waals surface area contributed by atoms with Crippen LogP contribution in [0.15, 0.2) is 12.3 Å². The lowest BCUT2D eigenvalue weighted by Gasteiger charge is -2.20. The summed E-state index contributed by atoms with van der Waals surface area (Å²) in [5.74, 6) is 0.971. The van der Waals surface area contributed by atoms with Gasteiger partial charge in [-0.15, -0.1) is 0 Å². The van der Waals surface area contributed by atoms with Gasteiger partial charge in [-0.3, -0.25) is 4.68 Å². The van der Waals surface area contributed by atoms with Crippen molar-refractivity contribution in [1.29, 1.82) is 0 Å². The minimum atomic E-state index is 0.674. The van der Waals surface area contributed by atoms with E-state index in [9.17, 15) is 0 Å². The van der Waals surface area contributed by atoms with E-state index in [2.05, 4.69) is 23.5 Å². The molecule has 0 aromatic carbocycles. The van der Waals surface area contributed by atoms with E-state index < -0.39 is 0 Å². The van der Waals surface area contributed by atoms with Crippen LogP contribution in [0, 0.1) is 5.92 Å². The average Bonchev–Trinajstić information content (AvgIpc) is 2.96. The standard InChI is InChI=1S/C14H25N3/c1-15-13(11-12-5-3-4-6-12)7-8-14-9-10-16-17(14)2/h9-10,12-13,15H,3-8,11H2,1-2H3. The molecular weight excluding hydrogens is 210 g/mol. The highest BCUT2D eigenvalue weighted by Gasteiger charge is 2.19. The molecule has 17 heavy (non-hydrogen) atoms. The van der Waals surface area contributed by atoms with Crippen LogP contribution in [0.25, 0.3) is 0 Å². The fourth-order valence-corrected chi connectivity index (χ4v) is 3.00. The summed E-state index contributed by atoms with van der Waals surface area (Å²) in [5.41, 5.74) is 1.34. The van der Waals surface area contributed by atoms with Crippen LogP contribution >= 0.6 is 0 Å². The molecule has 0 amide bonds. The number of nitrogens with one attached hydrogen (secondary N) is 1. The van der Waals surface area contributed by atoms with Gasteiger partial charge in [0.05, 0.1) is 0 Å². The minimum Gasteiger partial charge on any atom is -0.317 e. The lowest BCUT2D eigenvalue weighted by atomic mass is 9.95. The van der Waals surface area contributed by atoms with E-state index in [0.717, 1.165) is 12.3 Å². The molecule has 0 spiro atoms. The molecule has 1 heterocycles. The van der Waals surface area contributed by atoms with Gasteiger partial charge in [0.25, 0.3) is 0 Å². The predicted octanol–water partition coefficient (Wildman–Crippen LogP) is 2.52. The molecule has 1 aliphatic carbocycles. The molecule has 3 nitrogen and oxygen atoms in total. The first kappa shape index (κ1) is 12.6.